The zero-order valence-corrected chi connectivity index (χ0v) is 22.7. The van der Waals surface area contributed by atoms with Gasteiger partial charge in [-0.25, -0.2) is 0 Å². The number of hydrogen-bond donors (Lipinski definition) is 0. The first-order valence-electron chi connectivity index (χ1n) is 14.0. The Morgan fingerprint density at radius 1 is 0.463 bits per heavy atom. The summed E-state index contributed by atoms with van der Waals surface area (Å²) in [7, 11) is 0. The predicted molar refractivity (Wildman–Crippen MR) is 174 cm³/mol. The smallest absolute Gasteiger partial charge is 0.135 e. The maximum atomic E-state index is 6.19. The summed E-state index contributed by atoms with van der Waals surface area (Å²) in [5.41, 5.74) is 8.78. The van der Waals surface area contributed by atoms with Crippen molar-refractivity contribution in [2.75, 3.05) is 4.90 Å². The topological polar surface area (TPSA) is 16.4 Å². The highest BCUT2D eigenvalue weighted by atomic mass is 16.3. The Balaban J connectivity index is 1.45. The molecule has 41 heavy (non-hydrogen) atoms. The van der Waals surface area contributed by atoms with Crippen LogP contribution in [-0.4, -0.2) is 0 Å². The van der Waals surface area contributed by atoms with Crippen molar-refractivity contribution < 1.29 is 4.42 Å². The first kappa shape index (κ1) is 23.5. The molecule has 0 spiro atoms. The van der Waals surface area contributed by atoms with Crippen LogP contribution in [0.4, 0.5) is 17.1 Å². The van der Waals surface area contributed by atoms with Gasteiger partial charge in [0.05, 0.1) is 5.69 Å². The Bertz CT molecular complexity index is 2240. The molecule has 0 saturated heterocycles. The lowest BCUT2D eigenvalue weighted by atomic mass is 9.93. The fraction of sp³-hybridized carbons (Fsp3) is 0.0256. The van der Waals surface area contributed by atoms with Crippen molar-refractivity contribution in [3.05, 3.63) is 151 Å². The first-order valence-corrected chi connectivity index (χ1v) is 14.0. The predicted octanol–water partition coefficient (Wildman–Crippen LogP) is 11.3. The molecule has 2 nitrogen and oxygen atoms in total. The summed E-state index contributed by atoms with van der Waals surface area (Å²) in [6.45, 7) is 2.15. The molecule has 0 aliphatic carbocycles. The van der Waals surface area contributed by atoms with E-state index in [2.05, 4.69) is 145 Å². The molecular formula is C39H27NO. The Morgan fingerprint density at radius 2 is 1.17 bits per heavy atom. The lowest BCUT2D eigenvalue weighted by molar-refractivity contribution is 0.669. The van der Waals surface area contributed by atoms with Crippen molar-refractivity contribution in [3.63, 3.8) is 0 Å². The van der Waals surface area contributed by atoms with Gasteiger partial charge in [-0.1, -0.05) is 97.1 Å². The van der Waals surface area contributed by atoms with E-state index >= 15 is 0 Å². The molecule has 0 fully saturated rings. The van der Waals surface area contributed by atoms with E-state index in [0.717, 1.165) is 39.0 Å². The molecule has 7 aromatic carbocycles. The number of furan rings is 1. The van der Waals surface area contributed by atoms with Crippen LogP contribution >= 0.6 is 0 Å². The van der Waals surface area contributed by atoms with Gasteiger partial charge in [-0.15, -0.1) is 0 Å². The van der Waals surface area contributed by atoms with Crippen molar-refractivity contribution in [2.24, 2.45) is 0 Å². The first-order chi connectivity index (χ1) is 20.2. The maximum absolute atomic E-state index is 6.19. The molecule has 1 aromatic heterocycles. The number of benzene rings is 7. The van der Waals surface area contributed by atoms with Gasteiger partial charge in [0.1, 0.15) is 11.2 Å². The SMILES string of the molecule is Cc1cccc(N(c2ccc3oc4ccccc4c3c2)c2ccc3ccccc3c2-c2ccc3ccccc3c2)c1. The van der Waals surface area contributed by atoms with Gasteiger partial charge in [-0.05, 0) is 88.1 Å². The number of para-hydroxylation sites is 1. The summed E-state index contributed by atoms with van der Waals surface area (Å²) in [5, 5.41) is 7.17. The van der Waals surface area contributed by atoms with E-state index in [1.54, 1.807) is 0 Å². The minimum atomic E-state index is 0.896. The normalized spacial score (nSPS) is 11.5. The number of rotatable bonds is 4. The van der Waals surface area contributed by atoms with Crippen LogP contribution in [0.2, 0.25) is 0 Å². The Hall–Kier alpha value is -5.34. The molecule has 0 radical (unpaired) electrons. The molecule has 0 atom stereocenters. The maximum Gasteiger partial charge on any atom is 0.135 e. The number of fused-ring (bicyclic) bond motifs is 5. The Kier molecular flexibility index (Phi) is 5.39. The van der Waals surface area contributed by atoms with E-state index in [-0.39, 0.29) is 0 Å². The zero-order valence-electron chi connectivity index (χ0n) is 22.7. The largest absolute Gasteiger partial charge is 0.456 e. The van der Waals surface area contributed by atoms with E-state index in [9.17, 15) is 0 Å². The monoisotopic (exact) mass is 525 g/mol. The summed E-state index contributed by atoms with van der Waals surface area (Å²) < 4.78 is 6.19. The molecule has 8 aromatic rings. The standard InChI is InChI=1S/C39H27NO/c1-26-9-8-13-31(23-26)40(32-20-22-38-35(25-32)34-15-6-7-16-37(34)41-38)36-21-19-28-11-4-5-14-33(28)39(36)30-18-17-27-10-2-3-12-29(27)24-30/h2-25H,1H3. The molecule has 0 N–H and O–H groups in total. The van der Waals surface area contributed by atoms with Crippen LogP contribution in [0.3, 0.4) is 0 Å². The fourth-order valence-corrected chi connectivity index (χ4v) is 6.14. The summed E-state index contributed by atoms with van der Waals surface area (Å²) in [5.74, 6) is 0. The van der Waals surface area contributed by atoms with E-state index in [4.69, 9.17) is 4.42 Å². The summed E-state index contributed by atoms with van der Waals surface area (Å²) >= 11 is 0. The van der Waals surface area contributed by atoms with E-state index in [0.29, 0.717) is 0 Å². The molecule has 0 unspecified atom stereocenters. The van der Waals surface area contributed by atoms with Crippen molar-refractivity contribution in [3.8, 4) is 11.1 Å². The van der Waals surface area contributed by atoms with Gasteiger partial charge in [0.2, 0.25) is 0 Å². The van der Waals surface area contributed by atoms with Gasteiger partial charge in [-0.2, -0.15) is 0 Å². The van der Waals surface area contributed by atoms with E-state index in [1.807, 2.05) is 12.1 Å². The van der Waals surface area contributed by atoms with Gasteiger partial charge in [0.25, 0.3) is 0 Å². The Morgan fingerprint density at radius 3 is 2.05 bits per heavy atom. The quantitative estimate of drug-likeness (QED) is 0.227. The third kappa shape index (κ3) is 3.96. The van der Waals surface area contributed by atoms with Gasteiger partial charge in [-0.3, -0.25) is 0 Å². The van der Waals surface area contributed by atoms with Crippen LogP contribution in [0.5, 0.6) is 0 Å². The molecule has 1 heterocycles. The number of nitrogens with zero attached hydrogens (tertiary/aromatic N) is 1. The molecule has 0 aliphatic rings. The van der Waals surface area contributed by atoms with Crippen LogP contribution < -0.4 is 4.90 Å². The third-order valence-electron chi connectivity index (χ3n) is 8.06. The highest BCUT2D eigenvalue weighted by Gasteiger charge is 2.21. The summed E-state index contributed by atoms with van der Waals surface area (Å²) in [4.78, 5) is 2.39. The van der Waals surface area contributed by atoms with Crippen LogP contribution in [0.1, 0.15) is 5.56 Å². The van der Waals surface area contributed by atoms with Crippen LogP contribution in [0.15, 0.2) is 150 Å². The minimum absolute atomic E-state index is 0.896. The summed E-state index contributed by atoms with van der Waals surface area (Å²) in [6, 6.07) is 52.2. The Labute approximate surface area is 238 Å². The minimum Gasteiger partial charge on any atom is -0.456 e. The highest BCUT2D eigenvalue weighted by molar-refractivity contribution is 6.09. The molecule has 2 heteroatoms. The summed E-state index contributed by atoms with van der Waals surface area (Å²) in [6.07, 6.45) is 0. The lowest BCUT2D eigenvalue weighted by Crippen LogP contribution is -2.11. The van der Waals surface area contributed by atoms with Gasteiger partial charge in [0, 0.05) is 27.7 Å². The lowest BCUT2D eigenvalue weighted by Gasteiger charge is -2.29. The average Bonchev–Trinajstić information content (AvgIpc) is 3.39. The number of aryl methyl sites for hydroxylation is 1. The van der Waals surface area contributed by atoms with Crippen LogP contribution in [0.25, 0.3) is 54.6 Å². The average molecular weight is 526 g/mol. The van der Waals surface area contributed by atoms with Gasteiger partial charge < -0.3 is 9.32 Å². The van der Waals surface area contributed by atoms with Crippen molar-refractivity contribution >= 4 is 60.5 Å². The van der Waals surface area contributed by atoms with E-state index < -0.39 is 0 Å². The molecule has 0 amide bonds. The van der Waals surface area contributed by atoms with Crippen molar-refractivity contribution in [1.82, 2.24) is 0 Å². The van der Waals surface area contributed by atoms with E-state index in [1.165, 1.54) is 38.2 Å². The van der Waals surface area contributed by atoms with Gasteiger partial charge >= 0.3 is 0 Å². The number of hydrogen-bond acceptors (Lipinski definition) is 2. The third-order valence-corrected chi connectivity index (χ3v) is 8.06. The van der Waals surface area contributed by atoms with Crippen LogP contribution in [0, 0.1) is 6.92 Å². The van der Waals surface area contributed by atoms with Crippen molar-refractivity contribution in [2.45, 2.75) is 6.92 Å². The second-order valence-corrected chi connectivity index (χ2v) is 10.7. The molecule has 0 aliphatic heterocycles. The highest BCUT2D eigenvalue weighted by Crippen LogP contribution is 2.46. The molecule has 0 saturated carbocycles. The molecular weight excluding hydrogens is 498 g/mol. The number of anilines is 3. The van der Waals surface area contributed by atoms with Crippen molar-refractivity contribution in [1.29, 1.82) is 0 Å². The molecule has 194 valence electrons. The van der Waals surface area contributed by atoms with Gasteiger partial charge in [0.15, 0.2) is 0 Å². The fourth-order valence-electron chi connectivity index (χ4n) is 6.14. The zero-order chi connectivity index (χ0) is 27.3. The van der Waals surface area contributed by atoms with Crippen LogP contribution in [-0.2, 0) is 0 Å². The molecule has 0 bridgehead atoms. The second kappa shape index (κ2) is 9.39. The second-order valence-electron chi connectivity index (χ2n) is 10.7. The molecule has 8 rings (SSSR count).